The van der Waals surface area contributed by atoms with E-state index in [1.165, 1.54) is 11.1 Å². The highest BCUT2D eigenvalue weighted by atomic mass is 32.2. The van der Waals surface area contributed by atoms with Crippen molar-refractivity contribution in [3.05, 3.63) is 47.3 Å². The van der Waals surface area contributed by atoms with E-state index in [0.29, 0.717) is 0 Å². The smallest absolute Gasteiger partial charge is 0.168 e. The molecule has 1 heterocycles. The lowest BCUT2D eigenvalue weighted by molar-refractivity contribution is 0.277. The van der Waals surface area contributed by atoms with Crippen molar-refractivity contribution in [1.29, 1.82) is 0 Å². The third-order valence-electron chi connectivity index (χ3n) is 2.86. The van der Waals surface area contributed by atoms with Crippen LogP contribution in [0.3, 0.4) is 0 Å². The van der Waals surface area contributed by atoms with E-state index in [1.54, 1.807) is 11.8 Å². The first kappa shape index (κ1) is 14.2. The molecule has 2 rings (SSSR count). The molecule has 0 spiro atoms. The van der Waals surface area contributed by atoms with E-state index < -0.39 is 0 Å². The Hall–Kier alpha value is -1.26. The summed E-state index contributed by atoms with van der Waals surface area (Å²) in [5.41, 5.74) is 3.27. The number of aliphatic hydroxyl groups excluding tert-OH is 1. The van der Waals surface area contributed by atoms with Gasteiger partial charge in [0.25, 0.3) is 0 Å². The van der Waals surface area contributed by atoms with E-state index in [4.69, 9.17) is 0 Å². The van der Waals surface area contributed by atoms with Crippen LogP contribution in [0, 0.1) is 6.92 Å². The van der Waals surface area contributed by atoms with Crippen LogP contribution in [0.15, 0.2) is 35.6 Å². The summed E-state index contributed by atoms with van der Waals surface area (Å²) in [6.07, 6.45) is 3.06. The molecule has 1 aromatic heterocycles. The van der Waals surface area contributed by atoms with E-state index in [-0.39, 0.29) is 6.61 Å². The summed E-state index contributed by atoms with van der Waals surface area (Å²) in [6.45, 7) is 5.06. The van der Waals surface area contributed by atoms with Crippen LogP contribution in [-0.2, 0) is 13.2 Å². The number of thioether (sulfide) groups is 1. The zero-order valence-corrected chi connectivity index (χ0v) is 12.3. The van der Waals surface area contributed by atoms with Crippen LogP contribution in [0.4, 0.5) is 0 Å². The van der Waals surface area contributed by atoms with E-state index >= 15 is 0 Å². The van der Waals surface area contributed by atoms with E-state index in [2.05, 4.69) is 47.7 Å². The van der Waals surface area contributed by atoms with Crippen LogP contribution in [0.1, 0.15) is 30.2 Å². The number of rotatable bonds is 6. The van der Waals surface area contributed by atoms with Crippen LogP contribution in [-0.4, -0.2) is 20.4 Å². The second-order valence-corrected chi connectivity index (χ2v) is 5.70. The molecule has 0 aliphatic rings. The fourth-order valence-electron chi connectivity index (χ4n) is 1.84. The van der Waals surface area contributed by atoms with Crippen molar-refractivity contribution >= 4 is 11.8 Å². The summed E-state index contributed by atoms with van der Waals surface area (Å²) in [7, 11) is 0. The van der Waals surface area contributed by atoms with Gasteiger partial charge in [-0.25, -0.2) is 4.98 Å². The van der Waals surface area contributed by atoms with Gasteiger partial charge < -0.3 is 9.67 Å². The lowest BCUT2D eigenvalue weighted by atomic mass is 10.1. The van der Waals surface area contributed by atoms with E-state index in [1.807, 2.05) is 6.20 Å². The van der Waals surface area contributed by atoms with Crippen molar-refractivity contribution in [2.45, 2.75) is 38.6 Å². The third kappa shape index (κ3) is 3.85. The maximum atomic E-state index is 9.22. The van der Waals surface area contributed by atoms with Crippen LogP contribution in [0.2, 0.25) is 0 Å². The van der Waals surface area contributed by atoms with Gasteiger partial charge in [0.15, 0.2) is 5.16 Å². The van der Waals surface area contributed by atoms with Gasteiger partial charge in [-0.2, -0.15) is 0 Å². The molecule has 0 atom stereocenters. The molecule has 0 amide bonds. The number of nitrogens with zero attached hydrogens (tertiary/aromatic N) is 2. The highest BCUT2D eigenvalue weighted by Crippen LogP contribution is 2.20. The SMILES string of the molecule is CCCSc1nc(CO)cn1Cc1ccc(C)cc1. The number of aromatic nitrogens is 2. The fourth-order valence-corrected chi connectivity index (χ4v) is 2.69. The number of benzene rings is 1. The zero-order chi connectivity index (χ0) is 13.7. The highest BCUT2D eigenvalue weighted by Gasteiger charge is 2.08. The van der Waals surface area contributed by atoms with Gasteiger partial charge in [0.2, 0.25) is 0 Å². The summed E-state index contributed by atoms with van der Waals surface area (Å²) < 4.78 is 2.12. The molecule has 0 saturated heterocycles. The highest BCUT2D eigenvalue weighted by molar-refractivity contribution is 7.99. The fraction of sp³-hybridized carbons (Fsp3) is 0.400. The van der Waals surface area contributed by atoms with Crippen LogP contribution in [0.5, 0.6) is 0 Å². The lowest BCUT2D eigenvalue weighted by Gasteiger charge is -2.07. The summed E-state index contributed by atoms with van der Waals surface area (Å²) in [5, 5.41) is 10.2. The Bertz CT molecular complexity index is 519. The molecule has 0 bridgehead atoms. The Labute approximate surface area is 118 Å². The molecule has 1 aromatic carbocycles. The molecule has 0 aliphatic carbocycles. The zero-order valence-electron chi connectivity index (χ0n) is 11.5. The Balaban J connectivity index is 2.17. The van der Waals surface area contributed by atoms with Gasteiger partial charge in [-0.15, -0.1) is 0 Å². The molecule has 19 heavy (non-hydrogen) atoms. The van der Waals surface area contributed by atoms with Gasteiger partial charge in [0.1, 0.15) is 0 Å². The average molecular weight is 276 g/mol. The second kappa shape index (κ2) is 6.78. The van der Waals surface area contributed by atoms with Gasteiger partial charge in [-0.3, -0.25) is 0 Å². The molecule has 0 aliphatic heterocycles. The standard InChI is InChI=1S/C15H20N2OS/c1-3-8-19-15-16-14(11-18)10-17(15)9-13-6-4-12(2)5-7-13/h4-7,10,18H,3,8-9,11H2,1-2H3. The van der Waals surface area contributed by atoms with Crippen molar-refractivity contribution in [3.8, 4) is 0 Å². The van der Waals surface area contributed by atoms with E-state index in [9.17, 15) is 5.11 Å². The first-order valence-electron chi connectivity index (χ1n) is 6.58. The topological polar surface area (TPSA) is 38.1 Å². The molecule has 2 aromatic rings. The number of imidazole rings is 1. The maximum absolute atomic E-state index is 9.22. The van der Waals surface area contributed by atoms with Crippen LogP contribution in [0.25, 0.3) is 0 Å². The second-order valence-electron chi connectivity index (χ2n) is 4.63. The summed E-state index contributed by atoms with van der Waals surface area (Å²) >= 11 is 1.75. The van der Waals surface area contributed by atoms with Crippen molar-refractivity contribution in [3.63, 3.8) is 0 Å². The molecule has 1 N–H and O–H groups in total. The third-order valence-corrected chi connectivity index (χ3v) is 4.06. The summed E-state index contributed by atoms with van der Waals surface area (Å²) in [4.78, 5) is 4.46. The predicted octanol–water partition coefficient (Wildman–Crippen LogP) is 3.23. The van der Waals surface area contributed by atoms with Crippen LogP contribution < -0.4 is 0 Å². The molecule has 102 valence electrons. The number of aryl methyl sites for hydroxylation is 1. The molecule has 0 radical (unpaired) electrons. The molecule has 0 fully saturated rings. The Morgan fingerprint density at radius 3 is 2.63 bits per heavy atom. The van der Waals surface area contributed by atoms with Gasteiger partial charge in [0, 0.05) is 18.5 Å². The van der Waals surface area contributed by atoms with Gasteiger partial charge >= 0.3 is 0 Å². The predicted molar refractivity (Wildman–Crippen MR) is 79.4 cm³/mol. The Morgan fingerprint density at radius 2 is 2.00 bits per heavy atom. The molecular weight excluding hydrogens is 256 g/mol. The minimum atomic E-state index is 0.000578. The quantitative estimate of drug-likeness (QED) is 0.823. The Kier molecular flexibility index (Phi) is 5.05. The number of aliphatic hydroxyl groups is 1. The van der Waals surface area contributed by atoms with Crippen molar-refractivity contribution < 1.29 is 5.11 Å². The van der Waals surface area contributed by atoms with Gasteiger partial charge in [-0.1, -0.05) is 48.5 Å². The van der Waals surface area contributed by atoms with E-state index in [0.717, 1.165) is 29.6 Å². The first-order chi connectivity index (χ1) is 9.22. The van der Waals surface area contributed by atoms with Crippen molar-refractivity contribution in [2.24, 2.45) is 0 Å². The minimum absolute atomic E-state index is 0.000578. The first-order valence-corrected chi connectivity index (χ1v) is 7.56. The average Bonchev–Trinajstić information content (AvgIpc) is 2.81. The summed E-state index contributed by atoms with van der Waals surface area (Å²) in [5.74, 6) is 1.05. The van der Waals surface area contributed by atoms with Gasteiger partial charge in [-0.05, 0) is 18.9 Å². The lowest BCUT2D eigenvalue weighted by Crippen LogP contribution is -2.00. The Morgan fingerprint density at radius 1 is 1.26 bits per heavy atom. The molecule has 0 saturated carbocycles. The largest absolute Gasteiger partial charge is 0.390 e. The monoisotopic (exact) mass is 276 g/mol. The van der Waals surface area contributed by atoms with Crippen molar-refractivity contribution in [2.75, 3.05) is 5.75 Å². The molecule has 3 nitrogen and oxygen atoms in total. The molecule has 0 unspecified atom stereocenters. The number of hydrogen-bond donors (Lipinski definition) is 1. The minimum Gasteiger partial charge on any atom is -0.390 e. The van der Waals surface area contributed by atoms with Crippen molar-refractivity contribution in [1.82, 2.24) is 9.55 Å². The number of hydrogen-bond acceptors (Lipinski definition) is 3. The van der Waals surface area contributed by atoms with Crippen LogP contribution >= 0.6 is 11.8 Å². The molecule has 4 heteroatoms. The maximum Gasteiger partial charge on any atom is 0.168 e. The summed E-state index contributed by atoms with van der Waals surface area (Å²) in [6, 6.07) is 8.53. The van der Waals surface area contributed by atoms with Gasteiger partial charge in [0.05, 0.1) is 12.3 Å². The normalized spacial score (nSPS) is 10.9. The molecular formula is C15H20N2OS.